The number of nitrogens with one attached hydrogen (secondary N) is 1. The fraction of sp³-hybridized carbons (Fsp3) is 0.625. The van der Waals surface area contributed by atoms with Gasteiger partial charge in [-0.2, -0.15) is 0 Å². The molecular weight excluding hydrogens is 238 g/mol. The lowest BCUT2D eigenvalue weighted by atomic mass is 10.0. The van der Waals surface area contributed by atoms with Gasteiger partial charge in [0.15, 0.2) is 5.79 Å². The predicted molar refractivity (Wildman–Crippen MR) is 75.0 cm³/mol. The molecule has 2 aliphatic rings. The molecule has 2 aliphatic heterocycles. The molecule has 1 aromatic carbocycles. The zero-order valence-electron chi connectivity index (χ0n) is 11.8. The van der Waals surface area contributed by atoms with Gasteiger partial charge in [0.05, 0.1) is 6.61 Å². The molecule has 2 heterocycles. The van der Waals surface area contributed by atoms with E-state index in [0.717, 1.165) is 13.0 Å². The van der Waals surface area contributed by atoms with Crippen LogP contribution in [0.5, 0.6) is 0 Å². The highest BCUT2D eigenvalue weighted by molar-refractivity contribution is 5.26. The van der Waals surface area contributed by atoms with E-state index in [1.165, 1.54) is 24.0 Å². The van der Waals surface area contributed by atoms with Gasteiger partial charge in [0.1, 0.15) is 6.10 Å². The van der Waals surface area contributed by atoms with Gasteiger partial charge >= 0.3 is 0 Å². The number of hydrogen-bond donors (Lipinski definition) is 1. The first-order chi connectivity index (χ1) is 9.12. The highest BCUT2D eigenvalue weighted by Gasteiger charge is 2.33. The fourth-order valence-corrected chi connectivity index (χ4v) is 2.99. The van der Waals surface area contributed by atoms with Crippen molar-refractivity contribution in [2.75, 3.05) is 13.2 Å². The molecule has 0 aliphatic carbocycles. The van der Waals surface area contributed by atoms with Crippen LogP contribution in [0.3, 0.4) is 0 Å². The van der Waals surface area contributed by atoms with Crippen LogP contribution >= 0.6 is 0 Å². The van der Waals surface area contributed by atoms with E-state index in [9.17, 15) is 0 Å². The van der Waals surface area contributed by atoms with Crippen LogP contribution < -0.4 is 5.32 Å². The average Bonchev–Trinajstić information content (AvgIpc) is 2.99. The summed E-state index contributed by atoms with van der Waals surface area (Å²) in [6.07, 6.45) is 3.79. The van der Waals surface area contributed by atoms with Crippen molar-refractivity contribution in [2.45, 2.75) is 51.0 Å². The topological polar surface area (TPSA) is 30.5 Å². The highest BCUT2D eigenvalue weighted by Crippen LogP contribution is 2.33. The molecule has 0 bridgehead atoms. The Kier molecular flexibility index (Phi) is 3.61. The van der Waals surface area contributed by atoms with Crippen molar-refractivity contribution >= 4 is 0 Å². The molecule has 3 rings (SSSR count). The number of rotatable bonds is 3. The molecule has 0 radical (unpaired) electrons. The van der Waals surface area contributed by atoms with Crippen molar-refractivity contribution in [1.82, 2.24) is 5.32 Å². The molecule has 0 spiro atoms. The maximum Gasteiger partial charge on any atom is 0.163 e. The summed E-state index contributed by atoms with van der Waals surface area (Å²) in [7, 11) is 0. The van der Waals surface area contributed by atoms with Gasteiger partial charge in [0.2, 0.25) is 0 Å². The second-order valence-electron chi connectivity index (χ2n) is 6.06. The molecule has 104 valence electrons. The summed E-state index contributed by atoms with van der Waals surface area (Å²) >= 11 is 0. The highest BCUT2D eigenvalue weighted by atomic mass is 16.7. The lowest BCUT2D eigenvalue weighted by Crippen LogP contribution is -2.23. The first-order valence-electron chi connectivity index (χ1n) is 7.26. The van der Waals surface area contributed by atoms with Gasteiger partial charge in [-0.1, -0.05) is 24.3 Å². The van der Waals surface area contributed by atoms with Crippen molar-refractivity contribution in [3.63, 3.8) is 0 Å². The maximum absolute atomic E-state index is 5.92. The van der Waals surface area contributed by atoms with Crippen LogP contribution in [0.4, 0.5) is 0 Å². The van der Waals surface area contributed by atoms with Crippen LogP contribution in [-0.4, -0.2) is 25.0 Å². The molecule has 0 saturated carbocycles. The summed E-state index contributed by atoms with van der Waals surface area (Å²) in [6.45, 7) is 5.76. The minimum atomic E-state index is -0.451. The Hall–Kier alpha value is -0.900. The van der Waals surface area contributed by atoms with Crippen LogP contribution in [0.25, 0.3) is 0 Å². The zero-order valence-corrected chi connectivity index (χ0v) is 11.8. The average molecular weight is 261 g/mol. The normalized spacial score (nSPS) is 29.8. The first kappa shape index (κ1) is 13.1. The van der Waals surface area contributed by atoms with Crippen molar-refractivity contribution in [1.29, 1.82) is 0 Å². The zero-order chi connectivity index (χ0) is 13.3. The SMILES string of the molecule is CC1(C)OCC(c2cccc(CC3CCCN3)c2)O1. The standard InChI is InChI=1S/C16H23NO2/c1-16(2)18-11-15(19-16)13-6-3-5-12(9-13)10-14-7-4-8-17-14/h3,5-6,9,14-15,17H,4,7-8,10-11H2,1-2H3. The molecule has 2 unspecified atom stereocenters. The maximum atomic E-state index is 5.92. The van der Waals surface area contributed by atoms with E-state index in [4.69, 9.17) is 9.47 Å². The Labute approximate surface area is 115 Å². The van der Waals surface area contributed by atoms with Crippen LogP contribution in [0.1, 0.15) is 43.9 Å². The first-order valence-corrected chi connectivity index (χ1v) is 7.26. The van der Waals surface area contributed by atoms with Gasteiger partial charge in [-0.05, 0) is 50.8 Å². The lowest BCUT2D eigenvalue weighted by Gasteiger charge is -2.18. The number of benzene rings is 1. The van der Waals surface area contributed by atoms with E-state index < -0.39 is 5.79 Å². The third kappa shape index (κ3) is 3.16. The third-order valence-electron chi connectivity index (χ3n) is 3.98. The van der Waals surface area contributed by atoms with Gasteiger partial charge in [-0.15, -0.1) is 0 Å². The fourth-order valence-electron chi connectivity index (χ4n) is 2.99. The van der Waals surface area contributed by atoms with Gasteiger partial charge in [0, 0.05) is 6.04 Å². The molecule has 3 nitrogen and oxygen atoms in total. The second-order valence-corrected chi connectivity index (χ2v) is 6.06. The van der Waals surface area contributed by atoms with Gasteiger partial charge < -0.3 is 14.8 Å². The van der Waals surface area contributed by atoms with Crippen LogP contribution in [0.15, 0.2) is 24.3 Å². The van der Waals surface area contributed by atoms with Gasteiger partial charge in [-0.25, -0.2) is 0 Å². The molecule has 2 atom stereocenters. The number of hydrogen-bond acceptors (Lipinski definition) is 3. The van der Waals surface area contributed by atoms with Crippen LogP contribution in [0, 0.1) is 0 Å². The molecule has 19 heavy (non-hydrogen) atoms. The third-order valence-corrected chi connectivity index (χ3v) is 3.98. The lowest BCUT2D eigenvalue weighted by molar-refractivity contribution is -0.139. The Balaban J connectivity index is 1.69. The van der Waals surface area contributed by atoms with E-state index >= 15 is 0 Å². The molecule has 1 N–H and O–H groups in total. The molecule has 2 saturated heterocycles. The number of ether oxygens (including phenoxy) is 2. The van der Waals surface area contributed by atoms with Crippen molar-refractivity contribution in [2.24, 2.45) is 0 Å². The summed E-state index contributed by atoms with van der Waals surface area (Å²) in [5, 5.41) is 3.55. The van der Waals surface area contributed by atoms with Crippen molar-refractivity contribution < 1.29 is 9.47 Å². The molecule has 2 fully saturated rings. The van der Waals surface area contributed by atoms with E-state index in [0.29, 0.717) is 12.6 Å². The van der Waals surface area contributed by atoms with Gasteiger partial charge in [-0.3, -0.25) is 0 Å². The monoisotopic (exact) mass is 261 g/mol. The van der Waals surface area contributed by atoms with Gasteiger partial charge in [0.25, 0.3) is 0 Å². The predicted octanol–water partition coefficient (Wildman–Crippen LogP) is 2.81. The molecule has 1 aromatic rings. The summed E-state index contributed by atoms with van der Waals surface area (Å²) in [5.74, 6) is -0.451. The van der Waals surface area contributed by atoms with E-state index in [1.54, 1.807) is 0 Å². The molecular formula is C16H23NO2. The minimum absolute atomic E-state index is 0.0755. The smallest absolute Gasteiger partial charge is 0.163 e. The van der Waals surface area contributed by atoms with Crippen molar-refractivity contribution in [3.05, 3.63) is 35.4 Å². The Morgan fingerprint density at radius 1 is 1.37 bits per heavy atom. The molecule has 0 aromatic heterocycles. The van der Waals surface area contributed by atoms with Crippen molar-refractivity contribution in [3.8, 4) is 0 Å². The van der Waals surface area contributed by atoms with Crippen LogP contribution in [0.2, 0.25) is 0 Å². The van der Waals surface area contributed by atoms with E-state index in [1.807, 2.05) is 13.8 Å². The van der Waals surface area contributed by atoms with E-state index in [2.05, 4.69) is 29.6 Å². The van der Waals surface area contributed by atoms with Crippen LogP contribution in [-0.2, 0) is 15.9 Å². The Morgan fingerprint density at radius 2 is 2.26 bits per heavy atom. The molecule has 3 heteroatoms. The molecule has 0 amide bonds. The quantitative estimate of drug-likeness (QED) is 0.907. The Morgan fingerprint density at radius 3 is 2.95 bits per heavy atom. The summed E-state index contributed by atoms with van der Waals surface area (Å²) in [4.78, 5) is 0. The largest absolute Gasteiger partial charge is 0.347 e. The summed E-state index contributed by atoms with van der Waals surface area (Å²) < 4.78 is 11.6. The van der Waals surface area contributed by atoms with E-state index in [-0.39, 0.29) is 6.10 Å². The summed E-state index contributed by atoms with van der Waals surface area (Å²) in [6, 6.07) is 9.40. The summed E-state index contributed by atoms with van der Waals surface area (Å²) in [5.41, 5.74) is 2.63. The minimum Gasteiger partial charge on any atom is -0.347 e. The second kappa shape index (κ2) is 5.23. The Bertz CT molecular complexity index is 438.